The fourth-order valence-electron chi connectivity index (χ4n) is 2.10. The van der Waals surface area contributed by atoms with Crippen LogP contribution in [-0.2, 0) is 39.5 Å². The molecule has 0 fully saturated rings. The fraction of sp³-hybridized carbons (Fsp3) is 0.500. The topological polar surface area (TPSA) is 71.1 Å². The largest absolute Gasteiger partial charge is 0.391 e. The predicted molar refractivity (Wildman–Crippen MR) is 93.9 cm³/mol. The molecule has 1 rings (SSSR count). The lowest BCUT2D eigenvalue weighted by atomic mass is 10.2. The molecule has 0 aliphatic rings. The molecule has 0 amide bonds. The Kier molecular flexibility index (Phi) is 8.76. The summed E-state index contributed by atoms with van der Waals surface area (Å²) in [6.07, 6.45) is 7.24. The highest BCUT2D eigenvalue weighted by Gasteiger charge is 2.26. The van der Waals surface area contributed by atoms with Crippen LogP contribution in [0.5, 0.6) is 0 Å². The van der Waals surface area contributed by atoms with Gasteiger partial charge < -0.3 is 13.6 Å². The molecular weight excluding hydrogens is 350 g/mol. The van der Waals surface area contributed by atoms with Crippen LogP contribution in [0.1, 0.15) is 31.9 Å². The Balaban J connectivity index is 2.83. The van der Waals surface area contributed by atoms with Gasteiger partial charge in [-0.3, -0.25) is 9.09 Å². The van der Waals surface area contributed by atoms with Gasteiger partial charge in [-0.25, -0.2) is 4.57 Å². The van der Waals surface area contributed by atoms with Crippen LogP contribution in [0.2, 0.25) is 0 Å². The van der Waals surface area contributed by atoms with Crippen LogP contribution < -0.4 is 0 Å². The summed E-state index contributed by atoms with van der Waals surface area (Å²) in [6.45, 7) is 6.13. The van der Waals surface area contributed by atoms with Gasteiger partial charge in [0, 0.05) is 0 Å². The lowest BCUT2D eigenvalue weighted by Gasteiger charge is -2.17. The Morgan fingerprint density at radius 3 is 1.58 bits per heavy atom. The Morgan fingerprint density at radius 2 is 1.21 bits per heavy atom. The molecule has 0 N–H and O–H groups in total. The van der Waals surface area contributed by atoms with Crippen molar-refractivity contribution in [3.05, 3.63) is 35.4 Å². The van der Waals surface area contributed by atoms with Crippen molar-refractivity contribution in [1.29, 1.82) is 0 Å². The molecule has 24 heavy (non-hydrogen) atoms. The van der Waals surface area contributed by atoms with Crippen LogP contribution in [0.4, 0.5) is 0 Å². The number of rotatable bonds is 11. The molecule has 1 unspecified atom stereocenters. The van der Waals surface area contributed by atoms with Crippen LogP contribution in [0.25, 0.3) is 0 Å². The normalized spacial score (nSPS) is 13.9. The fourth-order valence-corrected chi connectivity index (χ4v) is 5.22. The smallest absolute Gasteiger partial charge is 0.371 e. The highest BCUT2D eigenvalue weighted by molar-refractivity contribution is 7.53. The van der Waals surface area contributed by atoms with Crippen molar-refractivity contribution in [2.45, 2.75) is 33.1 Å². The highest BCUT2D eigenvalue weighted by atomic mass is 31.2. The first-order valence-electron chi connectivity index (χ1n) is 7.74. The molecule has 0 heterocycles. The second-order valence-electron chi connectivity index (χ2n) is 4.82. The summed E-state index contributed by atoms with van der Waals surface area (Å²) in [5, 5.41) is 0. The van der Waals surface area contributed by atoms with E-state index in [9.17, 15) is 9.13 Å². The van der Waals surface area contributed by atoms with Crippen molar-refractivity contribution in [2.75, 3.05) is 19.8 Å². The molecule has 0 aliphatic carbocycles. The van der Waals surface area contributed by atoms with Crippen molar-refractivity contribution in [1.82, 2.24) is 0 Å². The summed E-state index contributed by atoms with van der Waals surface area (Å²) < 4.78 is 45.4. The first-order valence-corrected chi connectivity index (χ1v) is 11.2. The minimum atomic E-state index is -3.36. The highest BCUT2D eigenvalue weighted by Crippen LogP contribution is 2.52. The van der Waals surface area contributed by atoms with Gasteiger partial charge >= 0.3 is 15.2 Å². The minimum absolute atomic E-state index is 0.0693. The number of hydrogen-bond acceptors (Lipinski definition) is 6. The third kappa shape index (κ3) is 6.81. The van der Waals surface area contributed by atoms with Crippen LogP contribution in [0, 0.1) is 12.5 Å². The molecule has 6 nitrogen and oxygen atoms in total. The van der Waals surface area contributed by atoms with Crippen molar-refractivity contribution >= 4 is 15.2 Å². The zero-order chi connectivity index (χ0) is 18.1. The molecule has 0 radical (unpaired) electrons. The average Bonchev–Trinajstić information content (AvgIpc) is 2.50. The van der Waals surface area contributed by atoms with Gasteiger partial charge in [0.05, 0.1) is 32.1 Å². The van der Waals surface area contributed by atoms with Crippen molar-refractivity contribution in [3.63, 3.8) is 0 Å². The molecular formula is C16H24O6P2. The SMILES string of the molecule is C#COP(=O)(Cc1ccc(CP(=O)(OCC)OCC)cc1)OCC. The molecule has 1 aromatic rings. The van der Waals surface area contributed by atoms with E-state index in [1.54, 1.807) is 45.0 Å². The van der Waals surface area contributed by atoms with Crippen LogP contribution in [0.15, 0.2) is 24.3 Å². The van der Waals surface area contributed by atoms with Gasteiger partial charge in [-0.05, 0) is 31.9 Å². The van der Waals surface area contributed by atoms with E-state index in [2.05, 4.69) is 0 Å². The molecule has 0 bridgehead atoms. The zero-order valence-corrected chi connectivity index (χ0v) is 16.1. The maximum Gasteiger partial charge on any atom is 0.391 e. The number of terminal acetylenes is 1. The van der Waals surface area contributed by atoms with Gasteiger partial charge in [0.1, 0.15) is 6.11 Å². The number of benzene rings is 1. The van der Waals surface area contributed by atoms with Crippen molar-refractivity contribution < 1.29 is 27.2 Å². The summed E-state index contributed by atoms with van der Waals surface area (Å²) in [5.41, 5.74) is 1.54. The number of hydrogen-bond donors (Lipinski definition) is 0. The van der Waals surface area contributed by atoms with E-state index in [0.717, 1.165) is 11.1 Å². The lowest BCUT2D eigenvalue weighted by Crippen LogP contribution is -2.00. The molecule has 0 aliphatic heterocycles. The second-order valence-corrected chi connectivity index (χ2v) is 8.85. The second kappa shape index (κ2) is 10.0. The van der Waals surface area contributed by atoms with Crippen molar-refractivity contribution in [2.24, 2.45) is 0 Å². The Bertz CT molecular complexity index is 625. The van der Waals surface area contributed by atoms with Gasteiger partial charge in [-0.2, -0.15) is 0 Å². The van der Waals surface area contributed by atoms with Gasteiger partial charge in [-0.1, -0.05) is 30.7 Å². The summed E-state index contributed by atoms with van der Waals surface area (Å²) in [6, 6.07) is 7.10. The van der Waals surface area contributed by atoms with E-state index in [4.69, 9.17) is 24.5 Å². The van der Waals surface area contributed by atoms with Gasteiger partial charge in [0.25, 0.3) is 0 Å². The van der Waals surface area contributed by atoms with Gasteiger partial charge in [0.15, 0.2) is 0 Å². The Morgan fingerprint density at radius 1 is 0.833 bits per heavy atom. The molecule has 0 spiro atoms. The maximum absolute atomic E-state index is 12.5. The maximum atomic E-state index is 12.5. The molecule has 0 aromatic heterocycles. The summed E-state index contributed by atoms with van der Waals surface area (Å²) >= 11 is 0. The lowest BCUT2D eigenvalue weighted by molar-refractivity contribution is 0.219. The van der Waals surface area contributed by atoms with Gasteiger partial charge in [0.2, 0.25) is 0 Å². The molecule has 8 heteroatoms. The molecule has 0 saturated heterocycles. The quantitative estimate of drug-likeness (QED) is 0.410. The van der Waals surface area contributed by atoms with Crippen molar-refractivity contribution in [3.8, 4) is 12.5 Å². The monoisotopic (exact) mass is 374 g/mol. The molecule has 1 atom stereocenters. The third-order valence-electron chi connectivity index (χ3n) is 2.94. The molecule has 1 aromatic carbocycles. The van der Waals surface area contributed by atoms with E-state index >= 15 is 0 Å². The zero-order valence-electron chi connectivity index (χ0n) is 14.3. The summed E-state index contributed by atoms with van der Waals surface area (Å²) in [7, 11) is -6.51. The van der Waals surface area contributed by atoms with E-state index < -0.39 is 15.2 Å². The average molecular weight is 374 g/mol. The van der Waals surface area contributed by atoms with E-state index in [0.29, 0.717) is 13.2 Å². The van der Waals surface area contributed by atoms with E-state index in [1.807, 2.05) is 6.11 Å². The molecule has 134 valence electrons. The molecule has 0 saturated carbocycles. The van der Waals surface area contributed by atoms with Crippen LogP contribution in [-0.4, -0.2) is 19.8 Å². The Labute approximate surface area is 143 Å². The minimum Gasteiger partial charge on any atom is -0.371 e. The predicted octanol–water partition coefficient (Wildman–Crippen LogP) is 4.79. The summed E-state index contributed by atoms with van der Waals surface area (Å²) in [5.74, 6) is 0. The Hall–Kier alpha value is -1.08. The van der Waals surface area contributed by atoms with E-state index in [1.165, 1.54) is 0 Å². The summed E-state index contributed by atoms with van der Waals surface area (Å²) in [4.78, 5) is 0. The standard InChI is InChI=1S/C16H24O6P2/c1-5-19-23(17,20-6-2)13-15-9-11-16(12-10-15)14-24(18,21-7-3)22-8-4/h1,9-12H,6-8,13-14H2,2-4H3. The first-order chi connectivity index (χ1) is 11.4. The van der Waals surface area contributed by atoms with Crippen LogP contribution >= 0.6 is 15.2 Å². The first kappa shape index (κ1) is 21.0. The van der Waals surface area contributed by atoms with E-state index in [-0.39, 0.29) is 18.9 Å². The third-order valence-corrected chi connectivity index (χ3v) is 6.79. The van der Waals surface area contributed by atoms with Crippen LogP contribution in [0.3, 0.4) is 0 Å². The van der Waals surface area contributed by atoms with Gasteiger partial charge in [-0.15, -0.1) is 0 Å².